The van der Waals surface area contributed by atoms with Gasteiger partial charge in [0.05, 0.1) is 19.9 Å². The molecule has 0 aromatic heterocycles. The van der Waals surface area contributed by atoms with Crippen LogP contribution in [0.25, 0.3) is 0 Å². The fourth-order valence-electron chi connectivity index (χ4n) is 1.47. The van der Waals surface area contributed by atoms with Crippen LogP contribution in [0.5, 0.6) is 5.75 Å². The number of ether oxygens (including phenoxy) is 1. The molecule has 1 rings (SSSR count). The smallest absolute Gasteiger partial charge is 0.298 e. The van der Waals surface area contributed by atoms with Gasteiger partial charge in [0, 0.05) is 12.0 Å². The number of amides is 1. The monoisotopic (exact) mass is 301 g/mol. The van der Waals surface area contributed by atoms with Crippen LogP contribution in [0.1, 0.15) is 20.3 Å². The zero-order chi connectivity index (χ0) is 15.3. The van der Waals surface area contributed by atoms with E-state index < -0.39 is 10.1 Å². The highest BCUT2D eigenvalue weighted by atomic mass is 32.2. The number of carbonyl (C=O) groups excluding carboxylic acids is 1. The summed E-state index contributed by atoms with van der Waals surface area (Å²) in [6, 6.07) is 4.36. The molecule has 20 heavy (non-hydrogen) atoms. The first-order valence-electron chi connectivity index (χ1n) is 6.15. The van der Waals surface area contributed by atoms with Gasteiger partial charge in [-0.3, -0.25) is 8.98 Å². The van der Waals surface area contributed by atoms with Crippen LogP contribution < -0.4 is 10.1 Å². The number of hydrogen-bond acceptors (Lipinski definition) is 5. The van der Waals surface area contributed by atoms with Crippen LogP contribution >= 0.6 is 0 Å². The minimum atomic E-state index is -3.93. The van der Waals surface area contributed by atoms with Crippen molar-refractivity contribution in [3.8, 4) is 5.75 Å². The molecule has 0 saturated heterocycles. The van der Waals surface area contributed by atoms with Gasteiger partial charge >= 0.3 is 0 Å². The van der Waals surface area contributed by atoms with E-state index in [4.69, 9.17) is 4.74 Å². The molecule has 1 amide bonds. The molecule has 1 N–H and O–H groups in total. The lowest BCUT2D eigenvalue weighted by atomic mass is 10.1. The molecule has 1 atom stereocenters. The normalized spacial score (nSPS) is 12.8. The molecule has 0 radical (unpaired) electrons. The number of hydrogen-bond donors (Lipinski definition) is 1. The molecule has 0 spiro atoms. The average Bonchev–Trinajstić information content (AvgIpc) is 2.46. The summed E-state index contributed by atoms with van der Waals surface area (Å²) in [5.41, 5.74) is 0.179. The van der Waals surface area contributed by atoms with Crippen molar-refractivity contribution in [1.82, 2.24) is 0 Å². The van der Waals surface area contributed by atoms with Crippen molar-refractivity contribution in [1.29, 1.82) is 0 Å². The molecule has 0 bridgehead atoms. The van der Waals surface area contributed by atoms with Crippen molar-refractivity contribution in [2.24, 2.45) is 5.92 Å². The Bertz CT molecular complexity index is 582. The molecule has 0 saturated carbocycles. The third-order valence-corrected chi connectivity index (χ3v) is 4.31. The Kier molecular flexibility index (Phi) is 5.52. The fourth-order valence-corrected chi connectivity index (χ4v) is 2.30. The molecule has 0 aliphatic rings. The number of nitrogens with one attached hydrogen (secondary N) is 1. The summed E-state index contributed by atoms with van der Waals surface area (Å²) in [7, 11) is -1.44. The largest absolute Gasteiger partial charge is 0.497 e. The summed E-state index contributed by atoms with van der Waals surface area (Å²) >= 11 is 0. The van der Waals surface area contributed by atoms with Crippen molar-refractivity contribution in [2.45, 2.75) is 25.2 Å². The van der Waals surface area contributed by atoms with Gasteiger partial charge in [0.1, 0.15) is 10.6 Å². The van der Waals surface area contributed by atoms with Crippen LogP contribution in [0.15, 0.2) is 23.1 Å². The number of benzene rings is 1. The molecule has 0 fully saturated rings. The van der Waals surface area contributed by atoms with E-state index in [0.717, 1.165) is 7.11 Å². The van der Waals surface area contributed by atoms with Crippen molar-refractivity contribution < 1.29 is 22.1 Å². The van der Waals surface area contributed by atoms with Crippen LogP contribution in [-0.4, -0.2) is 28.5 Å². The number of carbonyl (C=O) groups is 1. The van der Waals surface area contributed by atoms with Crippen molar-refractivity contribution in [2.75, 3.05) is 19.5 Å². The van der Waals surface area contributed by atoms with Crippen LogP contribution in [0.3, 0.4) is 0 Å². The second-order valence-corrected chi connectivity index (χ2v) is 5.96. The van der Waals surface area contributed by atoms with E-state index in [2.05, 4.69) is 9.50 Å². The highest BCUT2D eigenvalue weighted by Gasteiger charge is 2.21. The molecule has 1 aromatic rings. The SMILES string of the molecule is CCC(C)C(=O)Nc1ccc(OC)cc1S(=O)(=O)OC. The summed E-state index contributed by atoms with van der Waals surface area (Å²) in [6.45, 7) is 3.65. The summed E-state index contributed by atoms with van der Waals surface area (Å²) in [5, 5.41) is 2.60. The van der Waals surface area contributed by atoms with Gasteiger partial charge in [0.15, 0.2) is 0 Å². The zero-order valence-electron chi connectivity index (χ0n) is 12.0. The predicted octanol–water partition coefficient (Wildman–Crippen LogP) is 2.01. The molecular formula is C13H19NO5S. The van der Waals surface area contributed by atoms with Crippen molar-refractivity contribution in [3.05, 3.63) is 18.2 Å². The Morgan fingerprint density at radius 2 is 2.00 bits per heavy atom. The van der Waals surface area contributed by atoms with E-state index in [-0.39, 0.29) is 22.4 Å². The minimum absolute atomic E-state index is 0.129. The van der Waals surface area contributed by atoms with E-state index in [1.165, 1.54) is 19.2 Å². The quantitative estimate of drug-likeness (QED) is 0.813. The van der Waals surface area contributed by atoms with Gasteiger partial charge in [-0.15, -0.1) is 0 Å². The third kappa shape index (κ3) is 3.71. The highest BCUT2D eigenvalue weighted by molar-refractivity contribution is 7.87. The van der Waals surface area contributed by atoms with E-state index in [0.29, 0.717) is 12.2 Å². The maximum absolute atomic E-state index is 11.9. The maximum atomic E-state index is 11.9. The Morgan fingerprint density at radius 1 is 1.35 bits per heavy atom. The lowest BCUT2D eigenvalue weighted by molar-refractivity contribution is -0.119. The Hall–Kier alpha value is -1.60. The molecule has 0 aliphatic heterocycles. The van der Waals surface area contributed by atoms with Gasteiger partial charge in [0.25, 0.3) is 10.1 Å². The Morgan fingerprint density at radius 3 is 2.50 bits per heavy atom. The summed E-state index contributed by atoms with van der Waals surface area (Å²) in [5.74, 6) is -0.0948. The van der Waals surface area contributed by atoms with Gasteiger partial charge < -0.3 is 10.1 Å². The molecular weight excluding hydrogens is 282 g/mol. The minimum Gasteiger partial charge on any atom is -0.497 e. The van der Waals surface area contributed by atoms with E-state index >= 15 is 0 Å². The highest BCUT2D eigenvalue weighted by Crippen LogP contribution is 2.28. The average molecular weight is 301 g/mol. The Labute approximate surface area is 119 Å². The fraction of sp³-hybridized carbons (Fsp3) is 0.462. The Balaban J connectivity index is 3.23. The second kappa shape index (κ2) is 6.71. The predicted molar refractivity (Wildman–Crippen MR) is 75.3 cm³/mol. The van der Waals surface area contributed by atoms with Crippen molar-refractivity contribution in [3.63, 3.8) is 0 Å². The van der Waals surface area contributed by atoms with E-state index in [1.807, 2.05) is 6.92 Å². The van der Waals surface area contributed by atoms with Gasteiger partial charge in [-0.1, -0.05) is 13.8 Å². The molecule has 112 valence electrons. The van der Waals surface area contributed by atoms with Gasteiger partial charge in [-0.05, 0) is 18.6 Å². The number of rotatable bonds is 6. The molecule has 1 unspecified atom stereocenters. The number of anilines is 1. The van der Waals surface area contributed by atoms with Gasteiger partial charge in [0.2, 0.25) is 5.91 Å². The number of methoxy groups -OCH3 is 1. The molecule has 1 aromatic carbocycles. The van der Waals surface area contributed by atoms with Crippen LogP contribution in [-0.2, 0) is 19.1 Å². The van der Waals surface area contributed by atoms with Crippen LogP contribution in [0.4, 0.5) is 5.69 Å². The lowest BCUT2D eigenvalue weighted by Gasteiger charge is -2.14. The van der Waals surface area contributed by atoms with Gasteiger partial charge in [-0.2, -0.15) is 8.42 Å². The first kappa shape index (κ1) is 16.5. The maximum Gasteiger partial charge on any atom is 0.298 e. The van der Waals surface area contributed by atoms with Crippen molar-refractivity contribution >= 4 is 21.7 Å². The summed E-state index contributed by atoms with van der Waals surface area (Å²) in [6.07, 6.45) is 0.661. The standard InChI is InChI=1S/C13H19NO5S/c1-5-9(2)13(15)14-11-7-6-10(18-3)8-12(11)20(16,17)19-4/h6-9H,5H2,1-4H3,(H,14,15). The molecule has 7 heteroatoms. The lowest BCUT2D eigenvalue weighted by Crippen LogP contribution is -2.21. The topological polar surface area (TPSA) is 81.7 Å². The van der Waals surface area contributed by atoms with Gasteiger partial charge in [-0.25, -0.2) is 0 Å². The van der Waals surface area contributed by atoms with E-state index in [1.54, 1.807) is 13.0 Å². The summed E-state index contributed by atoms with van der Waals surface area (Å²) in [4.78, 5) is 11.8. The van der Waals surface area contributed by atoms with Crippen LogP contribution in [0.2, 0.25) is 0 Å². The molecule has 0 heterocycles. The van der Waals surface area contributed by atoms with Crippen LogP contribution in [0, 0.1) is 5.92 Å². The second-order valence-electron chi connectivity index (χ2n) is 4.28. The molecule has 6 nitrogen and oxygen atoms in total. The third-order valence-electron chi connectivity index (χ3n) is 3.00. The first-order chi connectivity index (χ1) is 9.35. The molecule has 0 aliphatic carbocycles. The first-order valence-corrected chi connectivity index (χ1v) is 7.56. The zero-order valence-corrected chi connectivity index (χ0v) is 12.8. The van der Waals surface area contributed by atoms with E-state index in [9.17, 15) is 13.2 Å². The summed E-state index contributed by atoms with van der Waals surface area (Å²) < 4.78 is 33.3.